The van der Waals surface area contributed by atoms with Gasteiger partial charge >= 0.3 is 0 Å². The lowest BCUT2D eigenvalue weighted by Gasteiger charge is -2.15. The number of nitrogens with zero attached hydrogens (tertiary/aromatic N) is 1. The topological polar surface area (TPSA) is 35.8 Å². The number of nitrogens with one attached hydrogen (secondary N) is 1. The Kier molecular flexibility index (Phi) is 4.52. The van der Waals surface area contributed by atoms with Gasteiger partial charge < -0.3 is 5.32 Å². The van der Waals surface area contributed by atoms with E-state index in [1.807, 2.05) is 18.2 Å². The average molecular weight is 256 g/mol. The van der Waals surface area contributed by atoms with Gasteiger partial charge in [-0.25, -0.2) is 0 Å². The van der Waals surface area contributed by atoms with Crippen LogP contribution in [0.1, 0.15) is 35.4 Å². The molecule has 0 bridgehead atoms. The van der Waals surface area contributed by atoms with Crippen molar-refractivity contribution in [2.24, 2.45) is 0 Å². The second-order valence-electron chi connectivity index (χ2n) is 4.17. The second-order valence-corrected chi connectivity index (χ2v) is 5.15. The van der Waals surface area contributed by atoms with Crippen molar-refractivity contribution < 1.29 is 0 Å². The van der Waals surface area contributed by atoms with E-state index in [4.69, 9.17) is 5.26 Å². The third kappa shape index (κ3) is 3.19. The van der Waals surface area contributed by atoms with Crippen molar-refractivity contribution in [1.29, 1.82) is 5.26 Å². The molecule has 18 heavy (non-hydrogen) atoms. The van der Waals surface area contributed by atoms with Gasteiger partial charge in [-0.2, -0.15) is 5.26 Å². The monoisotopic (exact) mass is 256 g/mol. The average Bonchev–Trinajstić information content (AvgIpc) is 2.94. The first-order valence-corrected chi connectivity index (χ1v) is 6.97. The molecule has 1 heterocycles. The molecule has 1 N–H and O–H groups in total. The highest BCUT2D eigenvalue weighted by molar-refractivity contribution is 7.10. The SMILES string of the molecule is CCC(NCc1cccc(C#N)c1)c1cccs1. The fourth-order valence-electron chi connectivity index (χ4n) is 1.93. The van der Waals surface area contributed by atoms with E-state index >= 15 is 0 Å². The summed E-state index contributed by atoms with van der Waals surface area (Å²) < 4.78 is 0. The summed E-state index contributed by atoms with van der Waals surface area (Å²) in [6.07, 6.45) is 1.07. The van der Waals surface area contributed by atoms with Crippen molar-refractivity contribution in [2.75, 3.05) is 0 Å². The van der Waals surface area contributed by atoms with Crippen LogP contribution in [-0.2, 0) is 6.54 Å². The molecule has 1 aromatic carbocycles. The molecular formula is C15H16N2S. The van der Waals surface area contributed by atoms with Gasteiger partial charge in [0, 0.05) is 17.5 Å². The predicted octanol–water partition coefficient (Wildman–Crippen LogP) is 3.86. The Balaban J connectivity index is 2.00. The molecule has 0 amide bonds. The highest BCUT2D eigenvalue weighted by Gasteiger charge is 2.09. The van der Waals surface area contributed by atoms with Crippen molar-refractivity contribution in [3.05, 3.63) is 57.8 Å². The Morgan fingerprint density at radius 3 is 2.89 bits per heavy atom. The Morgan fingerprint density at radius 2 is 2.22 bits per heavy atom. The van der Waals surface area contributed by atoms with Crippen molar-refractivity contribution in [2.45, 2.75) is 25.9 Å². The number of hydrogen-bond acceptors (Lipinski definition) is 3. The molecule has 0 fully saturated rings. The second kappa shape index (κ2) is 6.34. The Hall–Kier alpha value is -1.63. The van der Waals surface area contributed by atoms with Gasteiger partial charge in [-0.3, -0.25) is 0 Å². The maximum Gasteiger partial charge on any atom is 0.0991 e. The summed E-state index contributed by atoms with van der Waals surface area (Å²) in [4.78, 5) is 1.37. The maximum absolute atomic E-state index is 8.87. The Bertz CT molecular complexity index is 526. The molecule has 2 nitrogen and oxygen atoms in total. The van der Waals surface area contributed by atoms with Gasteiger partial charge in [0.05, 0.1) is 11.6 Å². The lowest BCUT2D eigenvalue weighted by molar-refractivity contribution is 0.526. The summed E-state index contributed by atoms with van der Waals surface area (Å²) in [5.41, 5.74) is 1.88. The Morgan fingerprint density at radius 1 is 1.33 bits per heavy atom. The van der Waals surface area contributed by atoms with E-state index < -0.39 is 0 Å². The first kappa shape index (κ1) is 12.8. The predicted molar refractivity (Wildman–Crippen MR) is 75.3 cm³/mol. The largest absolute Gasteiger partial charge is 0.305 e. The van der Waals surface area contributed by atoms with Gasteiger partial charge in [-0.15, -0.1) is 11.3 Å². The minimum atomic E-state index is 0.399. The van der Waals surface area contributed by atoms with Crippen LogP contribution < -0.4 is 5.32 Å². The van der Waals surface area contributed by atoms with Crippen LogP contribution in [0, 0.1) is 11.3 Å². The summed E-state index contributed by atoms with van der Waals surface area (Å²) in [7, 11) is 0. The fourth-order valence-corrected chi connectivity index (χ4v) is 2.81. The number of thiophene rings is 1. The van der Waals surface area contributed by atoms with Crippen LogP contribution in [-0.4, -0.2) is 0 Å². The van der Waals surface area contributed by atoms with E-state index in [0.717, 1.165) is 24.1 Å². The third-order valence-electron chi connectivity index (χ3n) is 2.90. The van der Waals surface area contributed by atoms with Gasteiger partial charge in [-0.05, 0) is 35.6 Å². The molecule has 0 aliphatic rings. The highest BCUT2D eigenvalue weighted by Crippen LogP contribution is 2.22. The van der Waals surface area contributed by atoms with Crippen molar-refractivity contribution in [3.63, 3.8) is 0 Å². The van der Waals surface area contributed by atoms with Crippen molar-refractivity contribution in [3.8, 4) is 6.07 Å². The van der Waals surface area contributed by atoms with Gasteiger partial charge in [0.25, 0.3) is 0 Å². The highest BCUT2D eigenvalue weighted by atomic mass is 32.1. The number of rotatable bonds is 5. The molecule has 1 unspecified atom stereocenters. The molecule has 0 saturated carbocycles. The van der Waals surface area contributed by atoms with E-state index in [2.05, 4.69) is 41.9 Å². The molecule has 1 aromatic heterocycles. The van der Waals surface area contributed by atoms with Crippen LogP contribution >= 0.6 is 11.3 Å². The Labute approximate surface area is 112 Å². The van der Waals surface area contributed by atoms with Crippen molar-refractivity contribution in [1.82, 2.24) is 5.32 Å². The number of hydrogen-bond donors (Lipinski definition) is 1. The molecule has 2 aromatic rings. The fraction of sp³-hybridized carbons (Fsp3) is 0.267. The zero-order valence-corrected chi connectivity index (χ0v) is 11.2. The molecule has 0 spiro atoms. The number of nitriles is 1. The molecule has 2 rings (SSSR count). The van der Waals surface area contributed by atoms with Crippen LogP contribution in [0.5, 0.6) is 0 Å². The lowest BCUT2D eigenvalue weighted by atomic mass is 10.1. The smallest absolute Gasteiger partial charge is 0.0991 e. The van der Waals surface area contributed by atoms with E-state index in [0.29, 0.717) is 6.04 Å². The van der Waals surface area contributed by atoms with E-state index in [-0.39, 0.29) is 0 Å². The molecule has 0 aliphatic heterocycles. The molecule has 1 atom stereocenters. The van der Waals surface area contributed by atoms with Crippen LogP contribution in [0.3, 0.4) is 0 Å². The molecular weight excluding hydrogens is 240 g/mol. The zero-order valence-electron chi connectivity index (χ0n) is 10.4. The van der Waals surface area contributed by atoms with E-state index in [9.17, 15) is 0 Å². The molecule has 0 aliphatic carbocycles. The minimum Gasteiger partial charge on any atom is -0.305 e. The number of benzene rings is 1. The van der Waals surface area contributed by atoms with E-state index in [1.165, 1.54) is 4.88 Å². The van der Waals surface area contributed by atoms with Crippen molar-refractivity contribution >= 4 is 11.3 Å². The summed E-state index contributed by atoms with van der Waals surface area (Å²) in [5.74, 6) is 0. The molecule has 92 valence electrons. The van der Waals surface area contributed by atoms with Gasteiger partial charge in [0.15, 0.2) is 0 Å². The van der Waals surface area contributed by atoms with E-state index in [1.54, 1.807) is 11.3 Å². The first-order chi connectivity index (χ1) is 8.83. The van der Waals surface area contributed by atoms with Crippen LogP contribution in [0.15, 0.2) is 41.8 Å². The van der Waals surface area contributed by atoms with Gasteiger partial charge in [0.2, 0.25) is 0 Å². The van der Waals surface area contributed by atoms with Crippen LogP contribution in [0.2, 0.25) is 0 Å². The summed E-state index contributed by atoms with van der Waals surface area (Å²) in [5, 5.41) is 14.5. The van der Waals surface area contributed by atoms with Gasteiger partial charge in [-0.1, -0.05) is 25.1 Å². The zero-order chi connectivity index (χ0) is 12.8. The quantitative estimate of drug-likeness (QED) is 0.881. The lowest BCUT2D eigenvalue weighted by Crippen LogP contribution is -2.19. The summed E-state index contributed by atoms with van der Waals surface area (Å²) in [6, 6.07) is 14.6. The first-order valence-electron chi connectivity index (χ1n) is 6.09. The van der Waals surface area contributed by atoms with Crippen LogP contribution in [0.25, 0.3) is 0 Å². The molecule has 3 heteroatoms. The molecule has 0 saturated heterocycles. The maximum atomic E-state index is 8.87. The summed E-state index contributed by atoms with van der Waals surface area (Å²) in [6.45, 7) is 2.98. The normalized spacial score (nSPS) is 12.0. The minimum absolute atomic E-state index is 0.399. The van der Waals surface area contributed by atoms with Gasteiger partial charge in [0.1, 0.15) is 0 Å². The summed E-state index contributed by atoms with van der Waals surface area (Å²) >= 11 is 1.78. The molecule has 0 radical (unpaired) electrons. The standard InChI is InChI=1S/C15H16N2S/c1-2-14(15-7-4-8-18-15)17-11-13-6-3-5-12(9-13)10-16/h3-9,14,17H,2,11H2,1H3. The third-order valence-corrected chi connectivity index (χ3v) is 3.89. The van der Waals surface area contributed by atoms with Crippen LogP contribution in [0.4, 0.5) is 0 Å².